The summed E-state index contributed by atoms with van der Waals surface area (Å²) in [5.41, 5.74) is 0.715. The molecular formula is C14H14N2O4. The van der Waals surface area contributed by atoms with Crippen molar-refractivity contribution in [3.05, 3.63) is 36.4 Å². The van der Waals surface area contributed by atoms with Crippen molar-refractivity contribution >= 4 is 11.4 Å². The molecule has 0 radical (unpaired) electrons. The van der Waals surface area contributed by atoms with Crippen LogP contribution in [0.2, 0.25) is 0 Å². The van der Waals surface area contributed by atoms with Crippen molar-refractivity contribution in [1.82, 2.24) is 0 Å². The van der Waals surface area contributed by atoms with Gasteiger partial charge in [0.25, 0.3) is 0 Å². The van der Waals surface area contributed by atoms with Gasteiger partial charge < -0.3 is 19.7 Å². The Morgan fingerprint density at radius 1 is 0.850 bits per heavy atom. The summed E-state index contributed by atoms with van der Waals surface area (Å²) in [4.78, 5) is 0. The third kappa shape index (κ3) is 2.97. The highest BCUT2D eigenvalue weighted by Crippen LogP contribution is 2.35. The largest absolute Gasteiger partial charge is 0.508 e. The predicted molar refractivity (Wildman–Crippen MR) is 73.5 cm³/mol. The summed E-state index contributed by atoms with van der Waals surface area (Å²) < 4.78 is 10.3. The summed E-state index contributed by atoms with van der Waals surface area (Å²) in [6.07, 6.45) is 0. The van der Waals surface area contributed by atoms with Crippen LogP contribution < -0.4 is 9.47 Å². The zero-order valence-corrected chi connectivity index (χ0v) is 11.1. The molecule has 2 aromatic rings. The third-order valence-corrected chi connectivity index (χ3v) is 2.61. The number of phenolic OH excluding ortho intramolecular Hbond substituents is 2. The SMILES string of the molecule is COc1ccc(OC)c(N=Nc2ccc(O)cc2O)c1. The van der Waals surface area contributed by atoms with Crippen molar-refractivity contribution in [2.45, 2.75) is 0 Å². The fourth-order valence-corrected chi connectivity index (χ4v) is 1.58. The van der Waals surface area contributed by atoms with E-state index in [1.165, 1.54) is 25.3 Å². The average Bonchev–Trinajstić information content (AvgIpc) is 2.46. The van der Waals surface area contributed by atoms with Gasteiger partial charge in [-0.2, -0.15) is 0 Å². The number of benzene rings is 2. The Morgan fingerprint density at radius 2 is 1.60 bits per heavy atom. The minimum Gasteiger partial charge on any atom is -0.508 e. The Bertz CT molecular complexity index is 641. The lowest BCUT2D eigenvalue weighted by molar-refractivity contribution is 0.404. The van der Waals surface area contributed by atoms with Gasteiger partial charge in [0.05, 0.1) is 14.2 Å². The van der Waals surface area contributed by atoms with Gasteiger partial charge in [0.1, 0.15) is 34.4 Å². The van der Waals surface area contributed by atoms with E-state index in [1.807, 2.05) is 0 Å². The Kier molecular flexibility index (Phi) is 4.05. The maximum absolute atomic E-state index is 9.63. The van der Waals surface area contributed by atoms with Gasteiger partial charge in [-0.3, -0.25) is 0 Å². The first-order chi connectivity index (χ1) is 9.63. The van der Waals surface area contributed by atoms with Crippen LogP contribution in [-0.4, -0.2) is 24.4 Å². The summed E-state index contributed by atoms with van der Waals surface area (Å²) >= 11 is 0. The summed E-state index contributed by atoms with van der Waals surface area (Å²) in [5.74, 6) is 0.957. The van der Waals surface area contributed by atoms with Crippen LogP contribution in [0.4, 0.5) is 11.4 Å². The van der Waals surface area contributed by atoms with Gasteiger partial charge in [-0.15, -0.1) is 10.2 Å². The maximum atomic E-state index is 9.63. The van der Waals surface area contributed by atoms with E-state index < -0.39 is 0 Å². The number of phenols is 2. The smallest absolute Gasteiger partial charge is 0.146 e. The third-order valence-electron chi connectivity index (χ3n) is 2.61. The topological polar surface area (TPSA) is 83.6 Å². The molecule has 0 aromatic heterocycles. The second-order valence-corrected chi connectivity index (χ2v) is 3.91. The van der Waals surface area contributed by atoms with Crippen LogP contribution in [0.5, 0.6) is 23.0 Å². The number of hydrogen-bond acceptors (Lipinski definition) is 6. The second-order valence-electron chi connectivity index (χ2n) is 3.91. The van der Waals surface area contributed by atoms with Crippen LogP contribution in [-0.2, 0) is 0 Å². The quantitative estimate of drug-likeness (QED) is 0.835. The van der Waals surface area contributed by atoms with E-state index in [9.17, 15) is 10.2 Å². The lowest BCUT2D eigenvalue weighted by Gasteiger charge is -2.06. The molecule has 2 aromatic carbocycles. The minimum absolute atomic E-state index is 0.0413. The Balaban J connectivity index is 2.34. The highest BCUT2D eigenvalue weighted by molar-refractivity contribution is 5.57. The fourth-order valence-electron chi connectivity index (χ4n) is 1.58. The van der Waals surface area contributed by atoms with Gasteiger partial charge in [0.15, 0.2) is 0 Å². The van der Waals surface area contributed by atoms with Gasteiger partial charge in [0, 0.05) is 12.1 Å². The Labute approximate surface area is 115 Å². The van der Waals surface area contributed by atoms with Crippen LogP contribution >= 0.6 is 0 Å². The lowest BCUT2D eigenvalue weighted by Crippen LogP contribution is -1.86. The number of aromatic hydroxyl groups is 2. The summed E-state index contributed by atoms with van der Waals surface area (Å²) in [7, 11) is 3.08. The van der Waals surface area contributed by atoms with Crippen molar-refractivity contribution in [3.63, 3.8) is 0 Å². The Hall–Kier alpha value is -2.76. The first kappa shape index (κ1) is 13.7. The summed E-state index contributed by atoms with van der Waals surface area (Å²) in [6, 6.07) is 9.19. The standard InChI is InChI=1S/C14H14N2O4/c1-19-10-4-6-14(20-2)12(8-10)16-15-11-5-3-9(17)7-13(11)18/h3-8,17-18H,1-2H3. The molecule has 0 aliphatic heterocycles. The number of hydrogen-bond donors (Lipinski definition) is 2. The molecule has 0 bridgehead atoms. The molecule has 6 nitrogen and oxygen atoms in total. The molecule has 2 rings (SSSR count). The van der Waals surface area contributed by atoms with Gasteiger partial charge >= 0.3 is 0 Å². The number of ether oxygens (including phenoxy) is 2. The fraction of sp³-hybridized carbons (Fsp3) is 0.143. The lowest BCUT2D eigenvalue weighted by atomic mass is 10.3. The molecule has 0 unspecified atom stereocenters. The van der Waals surface area contributed by atoms with Crippen molar-refractivity contribution in [3.8, 4) is 23.0 Å². The highest BCUT2D eigenvalue weighted by atomic mass is 16.5. The van der Waals surface area contributed by atoms with Crippen LogP contribution in [0.3, 0.4) is 0 Å². The molecule has 6 heteroatoms. The average molecular weight is 274 g/mol. The summed E-state index contributed by atoms with van der Waals surface area (Å²) in [5, 5.41) is 26.8. The molecule has 0 spiro atoms. The van der Waals surface area contributed by atoms with Crippen LogP contribution in [0.25, 0.3) is 0 Å². The molecule has 0 saturated heterocycles. The molecule has 0 aliphatic carbocycles. The molecule has 0 heterocycles. The number of methoxy groups -OCH3 is 2. The monoisotopic (exact) mass is 274 g/mol. The second kappa shape index (κ2) is 5.92. The normalized spacial score (nSPS) is 10.7. The van der Waals surface area contributed by atoms with E-state index in [2.05, 4.69) is 10.2 Å². The van der Waals surface area contributed by atoms with Crippen molar-refractivity contribution in [1.29, 1.82) is 0 Å². The van der Waals surface area contributed by atoms with E-state index in [0.717, 1.165) is 0 Å². The molecular weight excluding hydrogens is 260 g/mol. The van der Waals surface area contributed by atoms with Crippen LogP contribution in [0, 0.1) is 0 Å². The van der Waals surface area contributed by atoms with Gasteiger partial charge in [0.2, 0.25) is 0 Å². The van der Waals surface area contributed by atoms with Gasteiger partial charge in [-0.05, 0) is 24.3 Å². The molecule has 0 saturated carbocycles. The maximum Gasteiger partial charge on any atom is 0.146 e. The van der Waals surface area contributed by atoms with E-state index >= 15 is 0 Å². The van der Waals surface area contributed by atoms with Crippen molar-refractivity contribution < 1.29 is 19.7 Å². The molecule has 0 aliphatic rings. The Morgan fingerprint density at radius 3 is 2.25 bits per heavy atom. The number of azo groups is 1. The molecule has 104 valence electrons. The van der Waals surface area contributed by atoms with Gasteiger partial charge in [-0.1, -0.05) is 0 Å². The predicted octanol–water partition coefficient (Wildman–Crippen LogP) is 3.53. The number of nitrogens with zero attached hydrogens (tertiary/aromatic N) is 2. The van der Waals surface area contributed by atoms with Crippen molar-refractivity contribution in [2.24, 2.45) is 10.2 Å². The van der Waals surface area contributed by atoms with E-state index in [-0.39, 0.29) is 17.2 Å². The summed E-state index contributed by atoms with van der Waals surface area (Å²) in [6.45, 7) is 0. The minimum atomic E-state index is -0.157. The zero-order valence-electron chi connectivity index (χ0n) is 11.1. The van der Waals surface area contributed by atoms with Crippen LogP contribution in [0.15, 0.2) is 46.6 Å². The van der Waals surface area contributed by atoms with Crippen molar-refractivity contribution in [2.75, 3.05) is 14.2 Å². The molecule has 0 amide bonds. The zero-order chi connectivity index (χ0) is 14.5. The highest BCUT2D eigenvalue weighted by Gasteiger charge is 2.05. The van der Waals surface area contributed by atoms with E-state index in [4.69, 9.17) is 9.47 Å². The van der Waals surface area contributed by atoms with Crippen LogP contribution in [0.1, 0.15) is 0 Å². The molecule has 0 atom stereocenters. The molecule has 0 fully saturated rings. The molecule has 20 heavy (non-hydrogen) atoms. The first-order valence-corrected chi connectivity index (χ1v) is 5.80. The molecule has 2 N–H and O–H groups in total. The van der Waals surface area contributed by atoms with E-state index in [1.54, 1.807) is 25.3 Å². The van der Waals surface area contributed by atoms with Gasteiger partial charge in [-0.25, -0.2) is 0 Å². The van der Waals surface area contributed by atoms with E-state index in [0.29, 0.717) is 17.2 Å². The number of rotatable bonds is 4. The first-order valence-electron chi connectivity index (χ1n) is 5.80.